The Balaban J connectivity index is 1.32. The van der Waals surface area contributed by atoms with E-state index in [-0.39, 0.29) is 0 Å². The number of carbonyl (C=O) groups excluding carboxylic acids is 1. The molecule has 0 N–H and O–H groups in total. The highest BCUT2D eigenvalue weighted by Gasteiger charge is 2.26. The molecular formula is C19H28N6O. The number of likely N-dealkylation sites (tertiary alicyclic amines) is 2. The van der Waals surface area contributed by atoms with Gasteiger partial charge in [0.1, 0.15) is 0 Å². The zero-order valence-electron chi connectivity index (χ0n) is 15.6. The zero-order chi connectivity index (χ0) is 17.9. The van der Waals surface area contributed by atoms with Crippen LogP contribution in [-0.4, -0.2) is 68.2 Å². The molecule has 0 aromatic carbocycles. The lowest BCUT2D eigenvalue weighted by atomic mass is 9.96. The molecule has 7 heteroatoms. The van der Waals surface area contributed by atoms with Gasteiger partial charge in [-0.05, 0) is 57.8 Å². The van der Waals surface area contributed by atoms with Crippen LogP contribution in [0.25, 0.3) is 5.65 Å². The Morgan fingerprint density at radius 3 is 2.73 bits per heavy atom. The van der Waals surface area contributed by atoms with E-state index in [0.717, 1.165) is 82.0 Å². The summed E-state index contributed by atoms with van der Waals surface area (Å²) in [5.74, 6) is 1.75. The summed E-state index contributed by atoms with van der Waals surface area (Å²) in [6, 6.07) is 3.95. The molecule has 0 spiro atoms. The minimum atomic E-state index is 0.341. The van der Waals surface area contributed by atoms with Crippen molar-refractivity contribution in [2.24, 2.45) is 0 Å². The van der Waals surface area contributed by atoms with Crippen molar-refractivity contribution >= 4 is 11.6 Å². The van der Waals surface area contributed by atoms with Crippen LogP contribution in [0.3, 0.4) is 0 Å². The molecule has 4 heterocycles. The van der Waals surface area contributed by atoms with Crippen LogP contribution in [0.5, 0.6) is 0 Å². The smallest absolute Gasteiger partial charge is 0.222 e. The highest BCUT2D eigenvalue weighted by Crippen LogP contribution is 2.26. The van der Waals surface area contributed by atoms with Crippen molar-refractivity contribution in [1.29, 1.82) is 0 Å². The van der Waals surface area contributed by atoms with Crippen molar-refractivity contribution in [3.63, 3.8) is 0 Å². The third-order valence-corrected chi connectivity index (χ3v) is 5.73. The Kier molecular flexibility index (Phi) is 5.15. The van der Waals surface area contributed by atoms with E-state index >= 15 is 0 Å². The predicted molar refractivity (Wildman–Crippen MR) is 99.0 cm³/mol. The van der Waals surface area contributed by atoms with Gasteiger partial charge in [-0.15, -0.1) is 10.2 Å². The lowest BCUT2D eigenvalue weighted by molar-refractivity contribution is -0.130. The van der Waals surface area contributed by atoms with Gasteiger partial charge in [0.15, 0.2) is 11.5 Å². The standard InChI is InChI=1S/C19H28N6O/c1-15-6-7-17-20-21-19(25(17)22-15)16-8-11-23(12-9-16)13-14-24-10-4-2-3-5-18(24)26/h6-7,16H,2-5,8-14H2,1H3. The first-order valence-corrected chi connectivity index (χ1v) is 9.90. The first-order chi connectivity index (χ1) is 12.7. The summed E-state index contributed by atoms with van der Waals surface area (Å²) >= 11 is 0. The van der Waals surface area contributed by atoms with E-state index in [1.165, 1.54) is 6.42 Å². The predicted octanol–water partition coefficient (Wildman–Crippen LogP) is 2.01. The maximum Gasteiger partial charge on any atom is 0.222 e. The number of hydrogen-bond acceptors (Lipinski definition) is 5. The van der Waals surface area contributed by atoms with Crippen molar-refractivity contribution in [2.45, 2.75) is 51.4 Å². The van der Waals surface area contributed by atoms with Crippen molar-refractivity contribution in [3.8, 4) is 0 Å². The summed E-state index contributed by atoms with van der Waals surface area (Å²) in [5.41, 5.74) is 1.81. The Morgan fingerprint density at radius 1 is 1.04 bits per heavy atom. The zero-order valence-corrected chi connectivity index (χ0v) is 15.6. The molecule has 0 radical (unpaired) electrons. The maximum absolute atomic E-state index is 12.1. The van der Waals surface area contributed by atoms with Gasteiger partial charge >= 0.3 is 0 Å². The quantitative estimate of drug-likeness (QED) is 0.838. The molecule has 7 nitrogen and oxygen atoms in total. The fourth-order valence-corrected chi connectivity index (χ4v) is 4.10. The van der Waals surface area contributed by atoms with E-state index in [4.69, 9.17) is 0 Å². The molecule has 2 aliphatic rings. The van der Waals surface area contributed by atoms with E-state index in [2.05, 4.69) is 25.1 Å². The van der Waals surface area contributed by atoms with Gasteiger partial charge < -0.3 is 9.80 Å². The van der Waals surface area contributed by atoms with Crippen LogP contribution in [0.4, 0.5) is 0 Å². The van der Waals surface area contributed by atoms with Crippen LogP contribution in [0, 0.1) is 6.92 Å². The first-order valence-electron chi connectivity index (χ1n) is 9.90. The van der Waals surface area contributed by atoms with Gasteiger partial charge in [0.2, 0.25) is 5.91 Å². The molecular weight excluding hydrogens is 328 g/mol. The number of aryl methyl sites for hydroxylation is 1. The van der Waals surface area contributed by atoms with Crippen LogP contribution >= 0.6 is 0 Å². The number of hydrogen-bond donors (Lipinski definition) is 0. The second-order valence-corrected chi connectivity index (χ2v) is 7.61. The molecule has 2 fully saturated rings. The number of piperidine rings is 1. The number of aromatic nitrogens is 4. The molecule has 2 saturated heterocycles. The Labute approximate surface area is 154 Å². The van der Waals surface area contributed by atoms with E-state index in [0.29, 0.717) is 11.8 Å². The molecule has 1 amide bonds. The number of fused-ring (bicyclic) bond motifs is 1. The number of nitrogens with zero attached hydrogens (tertiary/aromatic N) is 6. The Bertz CT molecular complexity index is 764. The molecule has 0 atom stereocenters. The second kappa shape index (κ2) is 7.70. The van der Waals surface area contributed by atoms with Gasteiger partial charge in [0.25, 0.3) is 0 Å². The van der Waals surface area contributed by atoms with E-state index in [1.54, 1.807) is 0 Å². The van der Waals surface area contributed by atoms with Crippen LogP contribution < -0.4 is 0 Å². The first kappa shape index (κ1) is 17.4. The molecule has 140 valence electrons. The minimum absolute atomic E-state index is 0.341. The summed E-state index contributed by atoms with van der Waals surface area (Å²) in [6.07, 6.45) is 6.28. The van der Waals surface area contributed by atoms with Crippen molar-refractivity contribution in [2.75, 3.05) is 32.7 Å². The largest absolute Gasteiger partial charge is 0.341 e. The van der Waals surface area contributed by atoms with Gasteiger partial charge in [-0.1, -0.05) is 6.42 Å². The van der Waals surface area contributed by atoms with Crippen LogP contribution in [0.2, 0.25) is 0 Å². The van der Waals surface area contributed by atoms with Gasteiger partial charge in [-0.2, -0.15) is 9.61 Å². The Morgan fingerprint density at radius 2 is 1.88 bits per heavy atom. The summed E-state index contributed by atoms with van der Waals surface area (Å²) in [5, 5.41) is 13.2. The van der Waals surface area contributed by atoms with Gasteiger partial charge in [-0.25, -0.2) is 0 Å². The molecule has 0 aliphatic carbocycles. The van der Waals surface area contributed by atoms with E-state index in [9.17, 15) is 4.79 Å². The summed E-state index contributed by atoms with van der Waals surface area (Å²) < 4.78 is 1.91. The van der Waals surface area contributed by atoms with Crippen molar-refractivity contribution in [1.82, 2.24) is 29.6 Å². The molecule has 4 rings (SSSR count). The van der Waals surface area contributed by atoms with E-state index in [1.807, 2.05) is 23.6 Å². The summed E-state index contributed by atoms with van der Waals surface area (Å²) in [7, 11) is 0. The summed E-state index contributed by atoms with van der Waals surface area (Å²) in [4.78, 5) is 16.7. The monoisotopic (exact) mass is 356 g/mol. The Hall–Kier alpha value is -2.02. The molecule has 2 aromatic heterocycles. The van der Waals surface area contributed by atoms with Gasteiger partial charge in [-0.3, -0.25) is 4.79 Å². The molecule has 2 aromatic rings. The van der Waals surface area contributed by atoms with E-state index < -0.39 is 0 Å². The third kappa shape index (κ3) is 3.72. The SMILES string of the molecule is Cc1ccc2nnc(C3CCN(CCN4CCCCCC4=O)CC3)n2n1. The topological polar surface area (TPSA) is 66.6 Å². The minimum Gasteiger partial charge on any atom is -0.341 e. The highest BCUT2D eigenvalue weighted by molar-refractivity contribution is 5.76. The highest BCUT2D eigenvalue weighted by atomic mass is 16.2. The fourth-order valence-electron chi connectivity index (χ4n) is 4.10. The molecule has 0 bridgehead atoms. The molecule has 0 unspecified atom stereocenters. The molecule has 0 saturated carbocycles. The average molecular weight is 356 g/mol. The van der Waals surface area contributed by atoms with Gasteiger partial charge in [0.05, 0.1) is 5.69 Å². The summed E-state index contributed by atoms with van der Waals surface area (Å²) in [6.45, 7) is 6.89. The van der Waals surface area contributed by atoms with Crippen LogP contribution in [0.1, 0.15) is 56.0 Å². The normalized spacial score (nSPS) is 20.7. The maximum atomic E-state index is 12.1. The van der Waals surface area contributed by atoms with Crippen LogP contribution in [-0.2, 0) is 4.79 Å². The third-order valence-electron chi connectivity index (χ3n) is 5.73. The molecule has 2 aliphatic heterocycles. The number of rotatable bonds is 4. The number of carbonyl (C=O) groups is 1. The lowest BCUT2D eigenvalue weighted by Crippen LogP contribution is -2.41. The average Bonchev–Trinajstić information content (AvgIpc) is 2.95. The van der Waals surface area contributed by atoms with Gasteiger partial charge in [0, 0.05) is 32.0 Å². The second-order valence-electron chi connectivity index (χ2n) is 7.61. The number of amides is 1. The van der Waals surface area contributed by atoms with Crippen LogP contribution in [0.15, 0.2) is 12.1 Å². The molecule has 26 heavy (non-hydrogen) atoms. The fraction of sp³-hybridized carbons (Fsp3) is 0.684. The van der Waals surface area contributed by atoms with Crippen molar-refractivity contribution in [3.05, 3.63) is 23.7 Å². The lowest BCUT2D eigenvalue weighted by Gasteiger charge is -2.32. The van der Waals surface area contributed by atoms with Crippen molar-refractivity contribution < 1.29 is 4.79 Å².